The highest BCUT2D eigenvalue weighted by Gasteiger charge is 2.16. The smallest absolute Gasteiger partial charge is 0.133 e. The molecule has 1 aliphatic carbocycles. The van der Waals surface area contributed by atoms with Crippen LogP contribution in [0.5, 0.6) is 0 Å². The van der Waals surface area contributed by atoms with Crippen molar-refractivity contribution in [2.45, 2.75) is 32.4 Å². The van der Waals surface area contributed by atoms with E-state index in [1.54, 1.807) is 6.33 Å². The number of benzene rings is 1. The molecule has 0 radical (unpaired) electrons. The molecule has 1 aromatic carbocycles. The summed E-state index contributed by atoms with van der Waals surface area (Å²) in [5, 5.41) is 12.5. The number of aliphatic hydroxyl groups excluding tert-OH is 1. The Bertz CT molecular complexity index is 583. The fourth-order valence-electron chi connectivity index (χ4n) is 2.54. The molecule has 0 saturated heterocycles. The Labute approximate surface area is 112 Å². The van der Waals surface area contributed by atoms with Crippen LogP contribution in [0.2, 0.25) is 0 Å². The van der Waals surface area contributed by atoms with Crippen molar-refractivity contribution in [3.05, 3.63) is 53.0 Å². The van der Waals surface area contributed by atoms with Gasteiger partial charge in [0.25, 0.3) is 0 Å². The summed E-state index contributed by atoms with van der Waals surface area (Å²) < 4.78 is 0. The molecule has 0 saturated carbocycles. The van der Waals surface area contributed by atoms with Gasteiger partial charge in [-0.05, 0) is 30.4 Å². The quantitative estimate of drug-likeness (QED) is 0.878. The van der Waals surface area contributed by atoms with Crippen LogP contribution in [0.25, 0.3) is 0 Å². The Kier molecular flexibility index (Phi) is 3.42. The Morgan fingerprint density at radius 2 is 2.05 bits per heavy atom. The zero-order valence-electron chi connectivity index (χ0n) is 10.8. The van der Waals surface area contributed by atoms with E-state index in [-0.39, 0.29) is 6.61 Å². The van der Waals surface area contributed by atoms with Crippen LogP contribution in [-0.2, 0) is 26.0 Å². The van der Waals surface area contributed by atoms with E-state index in [2.05, 4.69) is 15.3 Å². The second-order valence-corrected chi connectivity index (χ2v) is 4.83. The molecule has 0 spiro atoms. The normalized spacial score (nSPS) is 13.3. The first kappa shape index (κ1) is 12.1. The minimum absolute atomic E-state index is 0.0801. The van der Waals surface area contributed by atoms with Gasteiger partial charge < -0.3 is 10.4 Å². The highest BCUT2D eigenvalue weighted by Crippen LogP contribution is 2.25. The summed E-state index contributed by atoms with van der Waals surface area (Å²) in [4.78, 5) is 8.65. The molecule has 0 atom stereocenters. The number of aliphatic hydroxyl groups is 1. The summed E-state index contributed by atoms with van der Waals surface area (Å²) >= 11 is 0. The second-order valence-electron chi connectivity index (χ2n) is 4.83. The minimum Gasteiger partial charge on any atom is -0.392 e. The number of anilines is 1. The van der Waals surface area contributed by atoms with E-state index in [0.29, 0.717) is 0 Å². The van der Waals surface area contributed by atoms with Crippen molar-refractivity contribution in [2.24, 2.45) is 0 Å². The van der Waals surface area contributed by atoms with Gasteiger partial charge >= 0.3 is 0 Å². The van der Waals surface area contributed by atoms with Crippen LogP contribution in [0.1, 0.15) is 28.8 Å². The van der Waals surface area contributed by atoms with E-state index < -0.39 is 0 Å². The van der Waals surface area contributed by atoms with Crippen molar-refractivity contribution >= 4 is 5.82 Å². The molecule has 1 aliphatic rings. The molecule has 0 aliphatic heterocycles. The molecule has 3 rings (SSSR count). The van der Waals surface area contributed by atoms with Crippen LogP contribution >= 0.6 is 0 Å². The molecule has 1 aromatic heterocycles. The van der Waals surface area contributed by atoms with E-state index in [4.69, 9.17) is 5.11 Å². The van der Waals surface area contributed by atoms with Gasteiger partial charge in [0.15, 0.2) is 0 Å². The molecule has 4 heteroatoms. The van der Waals surface area contributed by atoms with Gasteiger partial charge in [0.1, 0.15) is 12.1 Å². The maximum absolute atomic E-state index is 9.13. The van der Waals surface area contributed by atoms with Gasteiger partial charge in [0.05, 0.1) is 6.61 Å². The SMILES string of the molecule is OCc1cccc(CNc2ncnc3c2CCC3)c1. The second kappa shape index (κ2) is 5.36. The first-order valence-corrected chi connectivity index (χ1v) is 6.62. The van der Waals surface area contributed by atoms with Crippen molar-refractivity contribution < 1.29 is 5.11 Å². The molecule has 0 amide bonds. The number of aromatic nitrogens is 2. The monoisotopic (exact) mass is 255 g/mol. The van der Waals surface area contributed by atoms with Crippen LogP contribution in [0.3, 0.4) is 0 Å². The standard InChI is InChI=1S/C15H17N3O/c19-9-12-4-1-3-11(7-12)8-16-15-13-5-2-6-14(13)17-10-18-15/h1,3-4,7,10,19H,2,5-6,8-9H2,(H,16,17,18). The average Bonchev–Trinajstić information content (AvgIpc) is 2.94. The molecule has 2 N–H and O–H groups in total. The van der Waals surface area contributed by atoms with Gasteiger partial charge in [0, 0.05) is 17.8 Å². The predicted molar refractivity (Wildman–Crippen MR) is 73.7 cm³/mol. The Hall–Kier alpha value is -1.94. The van der Waals surface area contributed by atoms with Crippen molar-refractivity contribution in [1.29, 1.82) is 0 Å². The lowest BCUT2D eigenvalue weighted by molar-refractivity contribution is 0.281. The van der Waals surface area contributed by atoms with Crippen LogP contribution in [0, 0.1) is 0 Å². The number of hydrogen-bond acceptors (Lipinski definition) is 4. The van der Waals surface area contributed by atoms with Crippen molar-refractivity contribution in [3.8, 4) is 0 Å². The molecule has 98 valence electrons. The van der Waals surface area contributed by atoms with E-state index in [9.17, 15) is 0 Å². The van der Waals surface area contributed by atoms with Gasteiger partial charge in [-0.2, -0.15) is 0 Å². The third-order valence-electron chi connectivity index (χ3n) is 3.51. The maximum atomic E-state index is 9.13. The molecule has 1 heterocycles. The third-order valence-corrected chi connectivity index (χ3v) is 3.51. The summed E-state index contributed by atoms with van der Waals surface area (Å²) in [6.07, 6.45) is 4.93. The highest BCUT2D eigenvalue weighted by molar-refractivity contribution is 5.48. The van der Waals surface area contributed by atoms with E-state index in [1.165, 1.54) is 17.7 Å². The van der Waals surface area contributed by atoms with E-state index in [0.717, 1.165) is 36.3 Å². The molecule has 0 fully saturated rings. The van der Waals surface area contributed by atoms with Gasteiger partial charge in [-0.3, -0.25) is 0 Å². The molecule has 19 heavy (non-hydrogen) atoms. The van der Waals surface area contributed by atoms with Crippen molar-refractivity contribution in [1.82, 2.24) is 9.97 Å². The third kappa shape index (κ3) is 2.58. The lowest BCUT2D eigenvalue weighted by Gasteiger charge is -2.10. The topological polar surface area (TPSA) is 58.0 Å². The van der Waals surface area contributed by atoms with Crippen molar-refractivity contribution in [2.75, 3.05) is 5.32 Å². The number of nitrogens with zero attached hydrogens (tertiary/aromatic N) is 2. The Morgan fingerprint density at radius 3 is 2.95 bits per heavy atom. The van der Waals surface area contributed by atoms with Crippen LogP contribution in [0.15, 0.2) is 30.6 Å². The molecule has 0 bridgehead atoms. The Morgan fingerprint density at radius 1 is 1.16 bits per heavy atom. The van der Waals surface area contributed by atoms with Gasteiger partial charge in [-0.15, -0.1) is 0 Å². The van der Waals surface area contributed by atoms with Crippen molar-refractivity contribution in [3.63, 3.8) is 0 Å². The number of rotatable bonds is 4. The predicted octanol–water partition coefficient (Wildman–Crippen LogP) is 2.07. The number of aryl methyl sites for hydroxylation is 1. The zero-order valence-corrected chi connectivity index (χ0v) is 10.8. The largest absolute Gasteiger partial charge is 0.392 e. The van der Waals surface area contributed by atoms with Crippen LogP contribution in [0.4, 0.5) is 5.82 Å². The molecule has 4 nitrogen and oxygen atoms in total. The fourth-order valence-corrected chi connectivity index (χ4v) is 2.54. The summed E-state index contributed by atoms with van der Waals surface area (Å²) in [6.45, 7) is 0.800. The zero-order chi connectivity index (χ0) is 13.1. The summed E-state index contributed by atoms with van der Waals surface area (Å²) in [5.41, 5.74) is 4.53. The van der Waals surface area contributed by atoms with Gasteiger partial charge in [-0.25, -0.2) is 9.97 Å². The first-order valence-electron chi connectivity index (χ1n) is 6.62. The van der Waals surface area contributed by atoms with E-state index in [1.807, 2.05) is 24.3 Å². The lowest BCUT2D eigenvalue weighted by atomic mass is 10.1. The summed E-state index contributed by atoms with van der Waals surface area (Å²) in [7, 11) is 0. The summed E-state index contributed by atoms with van der Waals surface area (Å²) in [5.74, 6) is 0.955. The number of nitrogens with one attached hydrogen (secondary N) is 1. The molecule has 2 aromatic rings. The van der Waals surface area contributed by atoms with Gasteiger partial charge in [0.2, 0.25) is 0 Å². The highest BCUT2D eigenvalue weighted by atomic mass is 16.3. The first-order chi connectivity index (χ1) is 9.36. The number of fused-ring (bicyclic) bond motifs is 1. The molecule has 0 unspecified atom stereocenters. The number of hydrogen-bond donors (Lipinski definition) is 2. The molecular formula is C15H17N3O. The minimum atomic E-state index is 0.0801. The van der Waals surface area contributed by atoms with E-state index >= 15 is 0 Å². The average molecular weight is 255 g/mol. The van der Waals surface area contributed by atoms with Gasteiger partial charge in [-0.1, -0.05) is 24.3 Å². The molecular weight excluding hydrogens is 238 g/mol. The summed E-state index contributed by atoms with van der Waals surface area (Å²) in [6, 6.07) is 7.95. The maximum Gasteiger partial charge on any atom is 0.133 e. The Balaban J connectivity index is 1.74. The van der Waals surface area contributed by atoms with Crippen LogP contribution < -0.4 is 5.32 Å². The van der Waals surface area contributed by atoms with Crippen LogP contribution in [-0.4, -0.2) is 15.1 Å². The fraction of sp³-hybridized carbons (Fsp3) is 0.333. The lowest BCUT2D eigenvalue weighted by Crippen LogP contribution is -2.05.